The lowest BCUT2D eigenvalue weighted by Crippen LogP contribution is -2.45. The maximum absolute atomic E-state index is 13.9. The zero-order valence-electron chi connectivity index (χ0n) is 23.5. The summed E-state index contributed by atoms with van der Waals surface area (Å²) in [6, 6.07) is 10.6. The number of rotatable bonds is 8. The van der Waals surface area contributed by atoms with Crippen LogP contribution in [0.4, 0.5) is 20.2 Å². The third-order valence-corrected chi connectivity index (χ3v) is 8.99. The van der Waals surface area contributed by atoms with E-state index in [-0.39, 0.29) is 30.9 Å². The van der Waals surface area contributed by atoms with Gasteiger partial charge in [-0.05, 0) is 42.5 Å². The van der Waals surface area contributed by atoms with Gasteiger partial charge in [-0.3, -0.25) is 14.7 Å². The van der Waals surface area contributed by atoms with E-state index < -0.39 is 37.9 Å². The molecule has 1 amide bonds. The second-order valence-electron chi connectivity index (χ2n) is 11.1. The number of carbonyl (C=O) groups excluding carboxylic acids is 2. The number of amides is 1. The van der Waals surface area contributed by atoms with Crippen molar-refractivity contribution in [2.24, 2.45) is 0 Å². The highest BCUT2D eigenvalue weighted by atomic mass is 32.2. The molecule has 0 atom stereocenters. The molecule has 13 heteroatoms. The number of ketones is 1. The Kier molecular flexibility index (Phi) is 7.50. The summed E-state index contributed by atoms with van der Waals surface area (Å²) in [6.07, 6.45) is 1.46. The largest absolute Gasteiger partial charge is 0.378 e. The van der Waals surface area contributed by atoms with E-state index in [0.29, 0.717) is 34.4 Å². The molecule has 1 aliphatic rings. The molecule has 5 rings (SSSR count). The standard InChI is InChI=1S/C29H30F2N6O4S/c1-29(2)16-37(42(40,41)20-11-17(30)10-18(31)12-20)15-22-25(34-35-27(22)29)14-26(38)21-8-7-19(36(3)4)13-24(21)33-28(39)23-6-5-9-32-23/h5-13,32H,14-16H2,1-4H3,(H,33,39)(H,34,35). The summed E-state index contributed by atoms with van der Waals surface area (Å²) < 4.78 is 55.8. The molecule has 0 bridgehead atoms. The topological polar surface area (TPSA) is 131 Å². The molecule has 3 heterocycles. The molecular weight excluding hydrogens is 566 g/mol. The predicted octanol–water partition coefficient (Wildman–Crippen LogP) is 4.24. The van der Waals surface area contributed by atoms with Gasteiger partial charge in [-0.2, -0.15) is 9.40 Å². The Morgan fingerprint density at radius 3 is 2.45 bits per heavy atom. The molecule has 3 N–H and O–H groups in total. The van der Waals surface area contributed by atoms with Gasteiger partial charge < -0.3 is 15.2 Å². The number of sulfonamides is 1. The van der Waals surface area contributed by atoms with Crippen molar-refractivity contribution in [3.05, 3.63) is 94.6 Å². The van der Waals surface area contributed by atoms with Crippen LogP contribution in [0.3, 0.4) is 0 Å². The zero-order valence-corrected chi connectivity index (χ0v) is 24.3. The summed E-state index contributed by atoms with van der Waals surface area (Å²) in [5, 5.41) is 10.1. The second kappa shape index (κ2) is 10.8. The van der Waals surface area contributed by atoms with Gasteiger partial charge in [0.05, 0.1) is 22.7 Å². The Bertz CT molecular complexity index is 1760. The molecule has 0 unspecified atom stereocenters. The van der Waals surface area contributed by atoms with E-state index in [1.807, 2.05) is 19.0 Å². The van der Waals surface area contributed by atoms with E-state index in [9.17, 15) is 26.8 Å². The molecular formula is C29H30F2N6O4S. The molecule has 0 spiro atoms. The van der Waals surface area contributed by atoms with Gasteiger partial charge in [0.2, 0.25) is 10.0 Å². The fraction of sp³-hybridized carbons (Fsp3) is 0.276. The van der Waals surface area contributed by atoms with Crippen molar-refractivity contribution in [3.63, 3.8) is 0 Å². The Balaban J connectivity index is 1.46. The number of Topliss-reactive ketones (excluding diaryl/α,β-unsaturated/α-hetero) is 1. The van der Waals surface area contributed by atoms with E-state index in [2.05, 4.69) is 20.5 Å². The third kappa shape index (κ3) is 5.57. The minimum absolute atomic E-state index is 0.0135. The molecule has 0 fully saturated rings. The lowest BCUT2D eigenvalue weighted by molar-refractivity contribution is 0.0992. The SMILES string of the molecule is CN(C)c1ccc(C(=O)Cc2[nH]nc3c2CN(S(=O)(=O)c2cc(F)cc(F)c2)CC3(C)C)c(NC(=O)c2ccc[nH]2)c1. The summed E-state index contributed by atoms with van der Waals surface area (Å²) in [4.78, 5) is 30.7. The van der Waals surface area contributed by atoms with Crippen LogP contribution >= 0.6 is 0 Å². The third-order valence-electron chi connectivity index (χ3n) is 7.22. The van der Waals surface area contributed by atoms with Crippen molar-refractivity contribution in [1.82, 2.24) is 19.5 Å². The molecule has 42 heavy (non-hydrogen) atoms. The predicted molar refractivity (Wildman–Crippen MR) is 153 cm³/mol. The van der Waals surface area contributed by atoms with E-state index in [1.165, 1.54) is 0 Å². The first-order valence-corrected chi connectivity index (χ1v) is 14.5. The van der Waals surface area contributed by atoms with Crippen molar-refractivity contribution in [2.45, 2.75) is 37.1 Å². The van der Waals surface area contributed by atoms with Crippen molar-refractivity contribution >= 4 is 33.1 Å². The smallest absolute Gasteiger partial charge is 0.272 e. The van der Waals surface area contributed by atoms with Gasteiger partial charge >= 0.3 is 0 Å². The molecule has 10 nitrogen and oxygen atoms in total. The molecule has 0 saturated carbocycles. The fourth-order valence-electron chi connectivity index (χ4n) is 5.10. The number of hydrogen-bond donors (Lipinski definition) is 3. The van der Waals surface area contributed by atoms with Crippen LogP contribution in [0.2, 0.25) is 0 Å². The maximum atomic E-state index is 13.9. The van der Waals surface area contributed by atoms with Crippen LogP contribution in [-0.4, -0.2) is 60.2 Å². The number of benzene rings is 2. The molecule has 1 aliphatic heterocycles. The number of H-pyrrole nitrogens is 2. The van der Waals surface area contributed by atoms with Gasteiger partial charge in [0, 0.05) is 67.4 Å². The van der Waals surface area contributed by atoms with Crippen LogP contribution in [0.1, 0.15) is 51.6 Å². The van der Waals surface area contributed by atoms with Gasteiger partial charge in [0.25, 0.3) is 5.91 Å². The average Bonchev–Trinajstić information content (AvgIpc) is 3.59. The highest BCUT2D eigenvalue weighted by Crippen LogP contribution is 2.37. The maximum Gasteiger partial charge on any atom is 0.272 e. The first-order chi connectivity index (χ1) is 19.8. The molecule has 4 aromatic rings. The number of aromatic amines is 2. The number of carbonyl (C=O) groups is 2. The normalized spacial score (nSPS) is 14.8. The Morgan fingerprint density at radius 2 is 1.81 bits per heavy atom. The number of fused-ring (bicyclic) bond motifs is 1. The number of nitrogens with zero attached hydrogens (tertiary/aromatic N) is 3. The van der Waals surface area contributed by atoms with Gasteiger partial charge in [-0.25, -0.2) is 17.2 Å². The Morgan fingerprint density at radius 1 is 1.10 bits per heavy atom. The minimum atomic E-state index is -4.28. The number of aromatic nitrogens is 3. The first kappa shape index (κ1) is 29.1. The van der Waals surface area contributed by atoms with Crippen LogP contribution in [0.15, 0.2) is 59.6 Å². The number of nitrogens with one attached hydrogen (secondary N) is 3. The van der Waals surface area contributed by atoms with Crippen molar-refractivity contribution in [2.75, 3.05) is 30.9 Å². The van der Waals surface area contributed by atoms with Crippen LogP contribution in [0, 0.1) is 11.6 Å². The van der Waals surface area contributed by atoms with E-state index in [0.717, 1.165) is 22.1 Å². The second-order valence-corrected chi connectivity index (χ2v) is 13.0. The summed E-state index contributed by atoms with van der Waals surface area (Å²) >= 11 is 0. The molecule has 0 radical (unpaired) electrons. The number of anilines is 2. The van der Waals surface area contributed by atoms with Crippen LogP contribution in [0.25, 0.3) is 0 Å². The van der Waals surface area contributed by atoms with Crippen molar-refractivity contribution in [1.29, 1.82) is 0 Å². The summed E-state index contributed by atoms with van der Waals surface area (Å²) in [7, 11) is -0.604. The highest BCUT2D eigenvalue weighted by Gasteiger charge is 2.41. The molecule has 2 aromatic carbocycles. The summed E-state index contributed by atoms with van der Waals surface area (Å²) in [5.74, 6) is -2.75. The fourth-order valence-corrected chi connectivity index (χ4v) is 6.71. The van der Waals surface area contributed by atoms with Crippen LogP contribution in [-0.2, 0) is 28.4 Å². The Hall–Kier alpha value is -4.36. The number of hydrogen-bond acceptors (Lipinski definition) is 6. The highest BCUT2D eigenvalue weighted by molar-refractivity contribution is 7.89. The summed E-state index contributed by atoms with van der Waals surface area (Å²) in [5.41, 5.74) is 2.43. The molecule has 0 saturated heterocycles. The van der Waals surface area contributed by atoms with Gasteiger partial charge in [-0.1, -0.05) is 13.8 Å². The van der Waals surface area contributed by atoms with Crippen LogP contribution in [0.5, 0.6) is 0 Å². The zero-order chi connectivity index (χ0) is 30.4. The average molecular weight is 597 g/mol. The van der Waals surface area contributed by atoms with E-state index >= 15 is 0 Å². The van der Waals surface area contributed by atoms with Gasteiger partial charge in [0.1, 0.15) is 17.3 Å². The van der Waals surface area contributed by atoms with Gasteiger partial charge in [-0.15, -0.1) is 0 Å². The monoisotopic (exact) mass is 596 g/mol. The van der Waals surface area contributed by atoms with E-state index in [1.54, 1.807) is 50.4 Å². The molecule has 220 valence electrons. The lowest BCUT2D eigenvalue weighted by atomic mass is 9.83. The minimum Gasteiger partial charge on any atom is -0.378 e. The van der Waals surface area contributed by atoms with Crippen molar-refractivity contribution < 1.29 is 26.8 Å². The summed E-state index contributed by atoms with van der Waals surface area (Å²) in [6.45, 7) is 3.48. The van der Waals surface area contributed by atoms with Gasteiger partial charge in [0.15, 0.2) is 5.78 Å². The molecule has 2 aromatic heterocycles. The quantitative estimate of drug-likeness (QED) is 0.261. The number of halogens is 2. The lowest BCUT2D eigenvalue weighted by Gasteiger charge is -2.36. The Labute approximate surface area is 241 Å². The molecule has 0 aliphatic carbocycles. The van der Waals surface area contributed by atoms with Crippen LogP contribution < -0.4 is 10.2 Å². The van der Waals surface area contributed by atoms with E-state index in [4.69, 9.17) is 0 Å². The van der Waals surface area contributed by atoms with Crippen molar-refractivity contribution in [3.8, 4) is 0 Å². The first-order valence-electron chi connectivity index (χ1n) is 13.1.